The highest BCUT2D eigenvalue weighted by molar-refractivity contribution is 6.69. The van der Waals surface area contributed by atoms with Crippen LogP contribution in [0.4, 0.5) is 30.2 Å². The number of hydrogen-bond acceptors (Lipinski definition) is 8. The van der Waals surface area contributed by atoms with E-state index in [1.807, 2.05) is 6.92 Å². The van der Waals surface area contributed by atoms with Crippen LogP contribution < -0.4 is 14.7 Å². The van der Waals surface area contributed by atoms with Crippen LogP contribution in [0.2, 0.25) is 15.1 Å². The monoisotopic (exact) mass is 1140 g/mol. The lowest BCUT2D eigenvalue weighted by molar-refractivity contribution is -0.136. The van der Waals surface area contributed by atoms with Gasteiger partial charge >= 0.3 is 5.97 Å². The molecule has 0 spiro atoms. The van der Waals surface area contributed by atoms with E-state index in [0.717, 1.165) is 34.4 Å². The van der Waals surface area contributed by atoms with Gasteiger partial charge in [-0.1, -0.05) is 84.5 Å². The molecular weight excluding hydrogens is 1120 g/mol. The summed E-state index contributed by atoms with van der Waals surface area (Å²) in [5, 5.41) is 5.51. The van der Waals surface area contributed by atoms with Gasteiger partial charge in [0, 0.05) is 21.5 Å². The summed E-state index contributed by atoms with van der Waals surface area (Å²) < 4.78 is 43.2. The molecule has 12 nitrogen and oxygen atoms in total. The summed E-state index contributed by atoms with van der Waals surface area (Å²) in [5.74, 6) is -7.40. The number of alkyl halides is 3. The van der Waals surface area contributed by atoms with Gasteiger partial charge in [0.25, 0.3) is 35.4 Å². The minimum Gasteiger partial charge on any atom is -0.480 e. The molecular formula is C52H33Cl7F3N3O9. The average molecular weight is 1150 g/mol. The fourth-order valence-corrected chi connectivity index (χ4v) is 9.57. The van der Waals surface area contributed by atoms with E-state index in [4.69, 9.17) is 86.3 Å². The van der Waals surface area contributed by atoms with Crippen molar-refractivity contribution in [3.63, 3.8) is 0 Å². The van der Waals surface area contributed by atoms with Crippen molar-refractivity contribution < 1.29 is 56.6 Å². The molecule has 3 atom stereocenters. The van der Waals surface area contributed by atoms with Crippen molar-refractivity contribution in [3.05, 3.63) is 192 Å². The molecule has 3 unspecified atom stereocenters. The number of hydrogen-bond donors (Lipinski definition) is 1. The normalized spacial score (nSPS) is 14.7. The van der Waals surface area contributed by atoms with Crippen LogP contribution >= 0.6 is 81.2 Å². The van der Waals surface area contributed by atoms with Crippen molar-refractivity contribution in [3.8, 4) is 0 Å². The Bertz CT molecular complexity index is 3110. The summed E-state index contributed by atoms with van der Waals surface area (Å²) in [7, 11) is 0. The molecule has 6 aromatic carbocycles. The van der Waals surface area contributed by atoms with Crippen molar-refractivity contribution in [2.24, 2.45) is 0 Å². The van der Waals surface area contributed by atoms with Gasteiger partial charge in [0.1, 0.15) is 28.2 Å². The highest BCUT2D eigenvalue weighted by Crippen LogP contribution is 2.40. The summed E-state index contributed by atoms with van der Waals surface area (Å²) in [5.41, 5.74) is 1.59. The number of halogens is 10. The predicted molar refractivity (Wildman–Crippen MR) is 276 cm³/mol. The van der Waals surface area contributed by atoms with Crippen molar-refractivity contribution >= 4 is 145 Å². The fourth-order valence-electron chi connectivity index (χ4n) is 7.97. The second-order valence-corrected chi connectivity index (χ2v) is 19.5. The second kappa shape index (κ2) is 23.1. The Morgan fingerprint density at radius 2 is 0.797 bits per heavy atom. The second-order valence-electron chi connectivity index (χ2n) is 16.3. The highest BCUT2D eigenvalue weighted by Gasteiger charge is 2.41. The Hall–Kier alpha value is -6.30. The molecule has 22 heteroatoms. The van der Waals surface area contributed by atoms with Crippen molar-refractivity contribution in [2.45, 2.75) is 48.7 Å². The summed E-state index contributed by atoms with van der Waals surface area (Å²) >= 11 is 41.2. The molecule has 0 aliphatic carbocycles. The molecule has 0 saturated carbocycles. The van der Waals surface area contributed by atoms with E-state index >= 15 is 0 Å². The van der Waals surface area contributed by atoms with E-state index < -0.39 is 80.2 Å². The van der Waals surface area contributed by atoms with Crippen LogP contribution in [-0.4, -0.2) is 62.5 Å². The number of amides is 6. The molecule has 380 valence electrons. The lowest BCUT2D eigenvalue weighted by Crippen LogP contribution is -2.30. The van der Waals surface area contributed by atoms with Crippen LogP contribution in [0.15, 0.2) is 109 Å². The maximum Gasteiger partial charge on any atom is 0.321 e. The minimum atomic E-state index is -1.28. The van der Waals surface area contributed by atoms with Gasteiger partial charge < -0.3 is 5.11 Å². The van der Waals surface area contributed by atoms with Gasteiger partial charge in [-0.05, 0) is 114 Å². The van der Waals surface area contributed by atoms with Crippen LogP contribution in [0.5, 0.6) is 0 Å². The summed E-state index contributed by atoms with van der Waals surface area (Å²) in [6, 6.07) is 25.6. The Labute approximate surface area is 454 Å². The zero-order valence-corrected chi connectivity index (χ0v) is 43.1. The SMILES string of the molecule is CCCC(Cl)c1cc(N2C(=O)c3ccccc3C2=O)c(F)cc1Cl.O=C(Cl)C(Cl)Cc1cc(N2C(=O)c3ccccc3C2=O)c(F)cc1Cl.O=C(O)C(Cl)Cc1cc(N2C(=O)c3ccccc3C2=O)c(F)cc1Cl. The first kappa shape index (κ1) is 55.5. The topological polar surface area (TPSA) is 167 Å². The highest BCUT2D eigenvalue weighted by atomic mass is 35.5. The summed E-state index contributed by atoms with van der Waals surface area (Å²) in [6.07, 6.45) is 1.21. The smallest absolute Gasteiger partial charge is 0.321 e. The Kier molecular flexibility index (Phi) is 17.3. The molecule has 0 radical (unpaired) electrons. The predicted octanol–water partition coefficient (Wildman–Crippen LogP) is 13.1. The third-order valence-electron chi connectivity index (χ3n) is 11.6. The molecule has 0 aromatic heterocycles. The Balaban J connectivity index is 0.000000162. The zero-order valence-electron chi connectivity index (χ0n) is 37.8. The van der Waals surface area contributed by atoms with Crippen molar-refractivity contribution in [1.29, 1.82) is 0 Å². The molecule has 1 N–H and O–H groups in total. The van der Waals surface area contributed by atoms with Crippen LogP contribution in [0.25, 0.3) is 0 Å². The number of carboxylic acid groups (broad SMARTS) is 1. The van der Waals surface area contributed by atoms with Gasteiger partial charge in [0.15, 0.2) is 0 Å². The van der Waals surface area contributed by atoms with Gasteiger partial charge in [0.05, 0.1) is 55.8 Å². The average Bonchev–Trinajstić information content (AvgIpc) is 3.88. The number of rotatable bonds is 12. The van der Waals surface area contributed by atoms with E-state index in [0.29, 0.717) is 22.4 Å². The quantitative estimate of drug-likeness (QED) is 0.0713. The molecule has 6 aromatic rings. The molecule has 0 fully saturated rings. The third-order valence-corrected chi connectivity index (χ3v) is 14.1. The maximum atomic E-state index is 14.4. The number of anilines is 3. The third kappa shape index (κ3) is 11.1. The van der Waals surface area contributed by atoms with Gasteiger partial charge in [-0.3, -0.25) is 38.4 Å². The molecule has 9 rings (SSSR count). The fraction of sp³-hybridized carbons (Fsp3) is 0.154. The first-order valence-electron chi connectivity index (χ1n) is 21.8. The lowest BCUT2D eigenvalue weighted by Gasteiger charge is -2.18. The Morgan fingerprint density at radius 3 is 1.09 bits per heavy atom. The van der Waals surface area contributed by atoms with Crippen LogP contribution in [0, 0.1) is 17.5 Å². The zero-order chi connectivity index (χ0) is 54.0. The number of imide groups is 3. The largest absolute Gasteiger partial charge is 0.480 e. The lowest BCUT2D eigenvalue weighted by atomic mass is 10.1. The van der Waals surface area contributed by atoms with E-state index in [-0.39, 0.29) is 83.9 Å². The van der Waals surface area contributed by atoms with Gasteiger partial charge in [-0.25, -0.2) is 27.9 Å². The first-order valence-corrected chi connectivity index (χ1v) is 24.6. The Morgan fingerprint density at radius 1 is 0.500 bits per heavy atom. The number of aliphatic carboxylic acids is 1. The van der Waals surface area contributed by atoms with Gasteiger partial charge in [-0.15, -0.1) is 34.8 Å². The van der Waals surface area contributed by atoms with Crippen LogP contribution in [-0.2, 0) is 22.4 Å². The number of nitrogens with zero attached hydrogens (tertiary/aromatic N) is 3. The van der Waals surface area contributed by atoms with Gasteiger partial charge in [0.2, 0.25) is 5.24 Å². The van der Waals surface area contributed by atoms with Gasteiger partial charge in [-0.2, -0.15) is 0 Å². The number of fused-ring (bicyclic) bond motifs is 3. The molecule has 0 bridgehead atoms. The van der Waals surface area contributed by atoms with Crippen molar-refractivity contribution in [1.82, 2.24) is 0 Å². The van der Waals surface area contributed by atoms with Crippen LogP contribution in [0.1, 0.15) is 104 Å². The van der Waals surface area contributed by atoms with Crippen molar-refractivity contribution in [2.75, 3.05) is 14.7 Å². The summed E-state index contributed by atoms with van der Waals surface area (Å²) in [6.45, 7) is 1.97. The van der Waals surface area contributed by atoms with E-state index in [1.165, 1.54) is 42.5 Å². The van der Waals surface area contributed by atoms with E-state index in [1.54, 1.807) is 48.5 Å². The van der Waals surface area contributed by atoms with E-state index in [9.17, 15) is 51.5 Å². The number of carbonyl (C=O) groups is 8. The molecule has 74 heavy (non-hydrogen) atoms. The summed E-state index contributed by atoms with van der Waals surface area (Å²) in [4.78, 5) is 99.3. The minimum absolute atomic E-state index is 0.0152. The molecule has 0 saturated heterocycles. The molecule has 6 amide bonds. The number of benzene rings is 6. The van der Waals surface area contributed by atoms with Crippen LogP contribution in [0.3, 0.4) is 0 Å². The number of carboxylic acids is 1. The molecule has 3 aliphatic rings. The maximum absolute atomic E-state index is 14.4. The molecule has 3 heterocycles. The van der Waals surface area contributed by atoms with E-state index in [2.05, 4.69) is 0 Å². The first-order chi connectivity index (χ1) is 35.1. The standard InChI is InChI=1S/C18H14Cl2FNO2.C17H9Cl3FNO3.C17H10Cl2FNO4/c1-2-5-13(19)12-8-16(15(21)9-14(12)20)22-17(23)10-6-3-4-7-11(10)18(22)24;18-11-7-13(21)14(6-8(11)5-12(19)15(20)23)22-16(24)9-3-1-2-4-10(9)17(22)25;18-11-7-13(20)14(6-8(11)5-12(19)17(24)25)21-15(22)9-3-1-2-4-10(9)16(21)23/h3-4,6-9,13H,2,5H2,1H3;1-4,6-7,12H,5H2;1-4,6-7,12H,5H2,(H,24,25). The molecule has 3 aliphatic heterocycles. The number of carbonyl (C=O) groups excluding carboxylic acids is 7.